The second kappa shape index (κ2) is 11.5. The van der Waals surface area contributed by atoms with Gasteiger partial charge in [-0.25, -0.2) is 4.39 Å². The minimum Gasteiger partial charge on any atom is -0.206 e. The first kappa shape index (κ1) is 22.1. The van der Waals surface area contributed by atoms with Crippen LogP contribution in [-0.2, 0) is 6.42 Å². The first-order valence-electron chi connectivity index (χ1n) is 12.0. The van der Waals surface area contributed by atoms with Gasteiger partial charge in [0.25, 0.3) is 0 Å². The van der Waals surface area contributed by atoms with Gasteiger partial charge in [-0.3, -0.25) is 0 Å². The summed E-state index contributed by atoms with van der Waals surface area (Å²) in [7, 11) is 0. The zero-order valence-electron chi connectivity index (χ0n) is 18.3. The highest BCUT2D eigenvalue weighted by atomic mass is 19.1. The van der Waals surface area contributed by atoms with Gasteiger partial charge in [-0.1, -0.05) is 76.0 Å². The summed E-state index contributed by atoms with van der Waals surface area (Å²) in [5.74, 6) is 2.51. The maximum Gasteiger partial charge on any atom is 0.141 e. The van der Waals surface area contributed by atoms with E-state index >= 15 is 0 Å². The third-order valence-corrected chi connectivity index (χ3v) is 7.42. The fourth-order valence-corrected chi connectivity index (χ4v) is 5.31. The Balaban J connectivity index is 1.33. The van der Waals surface area contributed by atoms with Crippen LogP contribution in [0.2, 0.25) is 0 Å². The van der Waals surface area contributed by atoms with Crippen molar-refractivity contribution in [2.45, 2.75) is 96.8 Å². The van der Waals surface area contributed by atoms with E-state index < -0.39 is 0 Å². The maximum atomic E-state index is 13.7. The highest BCUT2D eigenvalue weighted by molar-refractivity contribution is 5.33. The van der Waals surface area contributed by atoms with Crippen molar-refractivity contribution in [1.82, 2.24) is 0 Å². The SMILES string of the molecule is CCCC[C@H]1CC[C@H](CCC2CC=C(CCc3ccc(C#N)c(F)c3)CC2)CC1. The van der Waals surface area contributed by atoms with E-state index in [1.807, 2.05) is 12.1 Å². The second-order valence-electron chi connectivity index (χ2n) is 9.54. The van der Waals surface area contributed by atoms with Crippen LogP contribution in [0.5, 0.6) is 0 Å². The maximum absolute atomic E-state index is 13.7. The molecule has 0 aromatic heterocycles. The molecule has 0 radical (unpaired) electrons. The molecule has 1 saturated carbocycles. The van der Waals surface area contributed by atoms with Gasteiger partial charge < -0.3 is 0 Å². The molecule has 0 heterocycles. The molecule has 158 valence electrons. The van der Waals surface area contributed by atoms with Gasteiger partial charge in [-0.15, -0.1) is 0 Å². The van der Waals surface area contributed by atoms with Crippen LogP contribution in [-0.4, -0.2) is 0 Å². The topological polar surface area (TPSA) is 23.8 Å². The zero-order valence-corrected chi connectivity index (χ0v) is 18.3. The van der Waals surface area contributed by atoms with Gasteiger partial charge in [0.1, 0.15) is 11.9 Å². The lowest BCUT2D eigenvalue weighted by atomic mass is 9.76. The van der Waals surface area contributed by atoms with E-state index in [1.54, 1.807) is 11.6 Å². The standard InChI is InChI=1S/C27H38FN/c1-2-3-4-21-5-7-22(8-6-21)9-10-23-11-13-24(14-12-23)15-16-25-17-18-26(20-29)27(28)19-25/h13,17-19,21-23H,2-12,14-16H2,1H3/t21-,22-,23?. The van der Waals surface area contributed by atoms with Crippen molar-refractivity contribution < 1.29 is 4.39 Å². The molecule has 1 atom stereocenters. The Labute approximate surface area is 177 Å². The molecule has 0 saturated heterocycles. The molecule has 1 aromatic carbocycles. The molecule has 3 rings (SSSR count). The number of benzene rings is 1. The Hall–Kier alpha value is -1.62. The van der Waals surface area contributed by atoms with E-state index in [9.17, 15) is 4.39 Å². The van der Waals surface area contributed by atoms with E-state index in [2.05, 4.69) is 13.0 Å². The summed E-state index contributed by atoms with van der Waals surface area (Å²) in [6.07, 6.45) is 21.2. The van der Waals surface area contributed by atoms with Crippen LogP contribution in [0.15, 0.2) is 29.8 Å². The van der Waals surface area contributed by atoms with Gasteiger partial charge >= 0.3 is 0 Å². The number of rotatable bonds is 9. The lowest BCUT2D eigenvalue weighted by Gasteiger charge is -2.30. The van der Waals surface area contributed by atoms with Crippen molar-refractivity contribution in [1.29, 1.82) is 5.26 Å². The van der Waals surface area contributed by atoms with E-state index in [0.717, 1.165) is 36.2 Å². The molecular formula is C27H38FN. The van der Waals surface area contributed by atoms with E-state index in [4.69, 9.17) is 5.26 Å². The van der Waals surface area contributed by atoms with Gasteiger partial charge in [-0.2, -0.15) is 5.26 Å². The summed E-state index contributed by atoms with van der Waals surface area (Å²) in [5, 5.41) is 8.84. The Morgan fingerprint density at radius 1 is 0.966 bits per heavy atom. The van der Waals surface area contributed by atoms with Crippen LogP contribution < -0.4 is 0 Å². The van der Waals surface area contributed by atoms with Crippen molar-refractivity contribution in [2.75, 3.05) is 0 Å². The van der Waals surface area contributed by atoms with Crippen LogP contribution in [0, 0.1) is 34.9 Å². The number of halogens is 1. The third-order valence-electron chi connectivity index (χ3n) is 7.42. The molecule has 0 bridgehead atoms. The largest absolute Gasteiger partial charge is 0.206 e. The van der Waals surface area contributed by atoms with Gasteiger partial charge in [0, 0.05) is 0 Å². The van der Waals surface area contributed by atoms with Crippen LogP contribution in [0.3, 0.4) is 0 Å². The van der Waals surface area contributed by atoms with Crippen molar-refractivity contribution in [2.24, 2.45) is 17.8 Å². The van der Waals surface area contributed by atoms with Crippen LogP contribution >= 0.6 is 0 Å². The number of allylic oxidation sites excluding steroid dienone is 2. The molecule has 2 aliphatic rings. The number of aryl methyl sites for hydroxylation is 1. The highest BCUT2D eigenvalue weighted by Crippen LogP contribution is 2.37. The van der Waals surface area contributed by atoms with Crippen LogP contribution in [0.25, 0.3) is 0 Å². The van der Waals surface area contributed by atoms with E-state index in [-0.39, 0.29) is 11.4 Å². The molecule has 0 aliphatic heterocycles. The summed E-state index contributed by atoms with van der Waals surface area (Å²) >= 11 is 0. The average Bonchev–Trinajstić information content (AvgIpc) is 2.76. The molecule has 1 fully saturated rings. The van der Waals surface area contributed by atoms with Gasteiger partial charge in [-0.05, 0) is 74.0 Å². The van der Waals surface area contributed by atoms with Crippen molar-refractivity contribution in [3.63, 3.8) is 0 Å². The van der Waals surface area contributed by atoms with Crippen LogP contribution in [0.1, 0.15) is 102 Å². The first-order chi connectivity index (χ1) is 14.2. The summed E-state index contributed by atoms with van der Waals surface area (Å²) in [4.78, 5) is 0. The second-order valence-corrected chi connectivity index (χ2v) is 9.54. The third kappa shape index (κ3) is 6.98. The molecule has 29 heavy (non-hydrogen) atoms. The molecule has 1 aromatic rings. The predicted octanol–water partition coefficient (Wildman–Crippen LogP) is 8.13. The Morgan fingerprint density at radius 3 is 2.31 bits per heavy atom. The lowest BCUT2D eigenvalue weighted by Crippen LogP contribution is -2.16. The average molecular weight is 396 g/mol. The van der Waals surface area contributed by atoms with E-state index in [1.165, 1.54) is 83.1 Å². The molecular weight excluding hydrogens is 357 g/mol. The number of nitrogens with zero attached hydrogens (tertiary/aromatic N) is 1. The Kier molecular flexibility index (Phi) is 8.78. The van der Waals surface area contributed by atoms with Crippen LogP contribution in [0.4, 0.5) is 4.39 Å². The molecule has 2 heteroatoms. The number of nitriles is 1. The molecule has 0 amide bonds. The van der Waals surface area contributed by atoms with Crippen molar-refractivity contribution in [3.8, 4) is 6.07 Å². The van der Waals surface area contributed by atoms with E-state index in [0.29, 0.717) is 0 Å². The molecule has 0 spiro atoms. The number of hydrogen-bond donors (Lipinski definition) is 0. The normalized spacial score (nSPS) is 24.7. The number of hydrogen-bond acceptors (Lipinski definition) is 1. The lowest BCUT2D eigenvalue weighted by molar-refractivity contribution is 0.235. The smallest absolute Gasteiger partial charge is 0.141 e. The Bertz CT molecular complexity index is 706. The number of unbranched alkanes of at least 4 members (excludes halogenated alkanes) is 1. The summed E-state index contributed by atoms with van der Waals surface area (Å²) in [5.41, 5.74) is 2.68. The highest BCUT2D eigenvalue weighted by Gasteiger charge is 2.22. The zero-order chi connectivity index (χ0) is 20.5. The minimum atomic E-state index is -0.387. The van der Waals surface area contributed by atoms with Gasteiger partial charge in [0.15, 0.2) is 0 Å². The van der Waals surface area contributed by atoms with Gasteiger partial charge in [0.2, 0.25) is 0 Å². The summed E-state index contributed by atoms with van der Waals surface area (Å²) < 4.78 is 13.7. The molecule has 1 nitrogen and oxygen atoms in total. The molecule has 0 N–H and O–H groups in total. The van der Waals surface area contributed by atoms with Crippen molar-refractivity contribution >= 4 is 0 Å². The quantitative estimate of drug-likeness (QED) is 0.387. The molecule has 2 aliphatic carbocycles. The first-order valence-corrected chi connectivity index (χ1v) is 12.0. The predicted molar refractivity (Wildman–Crippen MR) is 119 cm³/mol. The van der Waals surface area contributed by atoms with Gasteiger partial charge in [0.05, 0.1) is 5.56 Å². The summed E-state index contributed by atoms with van der Waals surface area (Å²) in [6.45, 7) is 2.31. The fourth-order valence-electron chi connectivity index (χ4n) is 5.31. The monoisotopic (exact) mass is 395 g/mol. The fraction of sp³-hybridized carbons (Fsp3) is 0.667. The summed E-state index contributed by atoms with van der Waals surface area (Å²) in [6, 6.07) is 6.92. The minimum absolute atomic E-state index is 0.142. The Morgan fingerprint density at radius 2 is 1.69 bits per heavy atom. The van der Waals surface area contributed by atoms with Crippen molar-refractivity contribution in [3.05, 3.63) is 46.8 Å². The molecule has 1 unspecified atom stereocenters.